The molecule has 10 heteroatoms. The molecule has 0 radical (unpaired) electrons. The maximum atomic E-state index is 12.9. The molecule has 3 aromatic rings. The number of benzene rings is 2. The van der Waals surface area contributed by atoms with Crippen LogP contribution in [0.2, 0.25) is 5.02 Å². The Balaban J connectivity index is 1.37. The zero-order valence-electron chi connectivity index (χ0n) is 17.5. The second kappa shape index (κ2) is 9.78. The molecule has 1 saturated heterocycles. The van der Waals surface area contributed by atoms with Crippen LogP contribution in [0.25, 0.3) is 0 Å². The molecule has 0 bridgehead atoms. The Bertz CT molecular complexity index is 1230. The number of sulfonamides is 1. The largest absolute Gasteiger partial charge is 0.459 e. The number of hydrogen-bond acceptors (Lipinski definition) is 5. The second-order valence-corrected chi connectivity index (χ2v) is 10.0. The highest BCUT2D eigenvalue weighted by Gasteiger charge is 2.33. The zero-order chi connectivity index (χ0) is 23.4. The number of carbonyl (C=O) groups excluding carboxylic acids is 2. The maximum absolute atomic E-state index is 12.9. The molecule has 0 aliphatic carbocycles. The third-order valence-electron chi connectivity index (χ3n) is 5.36. The van der Waals surface area contributed by atoms with Crippen LogP contribution in [0, 0.1) is 5.92 Å². The molecule has 172 valence electrons. The van der Waals surface area contributed by atoms with Crippen LogP contribution in [0.15, 0.2) is 76.2 Å². The van der Waals surface area contributed by atoms with Crippen LogP contribution >= 0.6 is 11.6 Å². The molecule has 33 heavy (non-hydrogen) atoms. The van der Waals surface area contributed by atoms with Crippen molar-refractivity contribution >= 4 is 44.8 Å². The van der Waals surface area contributed by atoms with E-state index in [1.54, 1.807) is 36.4 Å². The van der Waals surface area contributed by atoms with Crippen molar-refractivity contribution in [2.75, 3.05) is 23.7 Å². The average Bonchev–Trinajstić information content (AvgIpc) is 3.36. The highest BCUT2D eigenvalue weighted by Crippen LogP contribution is 2.26. The number of amides is 2. The number of furan rings is 1. The molecular weight excluding hydrogens is 466 g/mol. The van der Waals surface area contributed by atoms with E-state index in [4.69, 9.17) is 16.0 Å². The molecule has 0 spiro atoms. The fraction of sp³-hybridized carbons (Fsp3) is 0.217. The van der Waals surface area contributed by atoms with E-state index >= 15 is 0 Å². The van der Waals surface area contributed by atoms with Crippen LogP contribution in [0.1, 0.15) is 23.4 Å². The number of halogens is 1. The van der Waals surface area contributed by atoms with Crippen molar-refractivity contribution in [2.45, 2.75) is 17.7 Å². The summed E-state index contributed by atoms with van der Waals surface area (Å²) in [4.78, 5) is 25.0. The van der Waals surface area contributed by atoms with E-state index in [1.165, 1.54) is 34.8 Å². The summed E-state index contributed by atoms with van der Waals surface area (Å²) in [5, 5.41) is 5.99. The van der Waals surface area contributed by atoms with Crippen LogP contribution < -0.4 is 10.6 Å². The molecular formula is C23H22ClN3O5S. The highest BCUT2D eigenvalue weighted by molar-refractivity contribution is 7.89. The van der Waals surface area contributed by atoms with E-state index in [1.807, 2.05) is 0 Å². The summed E-state index contributed by atoms with van der Waals surface area (Å²) >= 11 is 5.86. The third kappa shape index (κ3) is 5.44. The van der Waals surface area contributed by atoms with Crippen LogP contribution in [0.5, 0.6) is 0 Å². The lowest BCUT2D eigenvalue weighted by atomic mass is 9.98. The fourth-order valence-corrected chi connectivity index (χ4v) is 5.26. The van der Waals surface area contributed by atoms with Crippen LogP contribution in [-0.4, -0.2) is 37.6 Å². The summed E-state index contributed by atoms with van der Waals surface area (Å²) < 4.78 is 32.3. The van der Waals surface area contributed by atoms with Gasteiger partial charge in [-0.05, 0) is 73.5 Å². The first-order valence-corrected chi connectivity index (χ1v) is 12.2. The van der Waals surface area contributed by atoms with E-state index in [0.717, 1.165) is 0 Å². The summed E-state index contributed by atoms with van der Waals surface area (Å²) in [6.07, 6.45) is 2.60. The van der Waals surface area contributed by atoms with Crippen molar-refractivity contribution < 1.29 is 22.4 Å². The standard InChI is InChI=1S/C23H22ClN3O5S/c24-17-5-11-20(12-6-17)33(30,31)27-13-1-3-16(15-27)22(28)25-18-7-9-19(10-8-18)26-23(29)21-4-2-14-32-21/h2,4-12,14,16H,1,3,13,15H2,(H,25,28)(H,26,29). The number of carbonyl (C=O) groups is 2. The Morgan fingerprint density at radius 2 is 1.64 bits per heavy atom. The number of nitrogens with one attached hydrogen (secondary N) is 2. The van der Waals surface area contributed by atoms with E-state index in [0.29, 0.717) is 35.8 Å². The summed E-state index contributed by atoms with van der Waals surface area (Å²) in [6, 6.07) is 15.8. The second-order valence-electron chi connectivity index (χ2n) is 7.65. The molecule has 2 heterocycles. The summed E-state index contributed by atoms with van der Waals surface area (Å²) in [5.41, 5.74) is 1.10. The number of hydrogen-bond donors (Lipinski definition) is 2. The Morgan fingerprint density at radius 3 is 2.27 bits per heavy atom. The molecule has 1 fully saturated rings. The number of rotatable bonds is 6. The van der Waals surface area contributed by atoms with Gasteiger partial charge in [0.25, 0.3) is 5.91 Å². The topological polar surface area (TPSA) is 109 Å². The first-order chi connectivity index (χ1) is 15.8. The third-order valence-corrected chi connectivity index (χ3v) is 7.49. The smallest absolute Gasteiger partial charge is 0.291 e. The van der Waals surface area contributed by atoms with E-state index < -0.39 is 15.9 Å². The normalized spacial score (nSPS) is 16.8. The van der Waals surface area contributed by atoms with Crippen molar-refractivity contribution in [1.29, 1.82) is 0 Å². The minimum Gasteiger partial charge on any atom is -0.459 e. The van der Waals surface area contributed by atoms with Gasteiger partial charge < -0.3 is 15.1 Å². The fourth-order valence-electron chi connectivity index (χ4n) is 3.61. The molecule has 2 aromatic carbocycles. The SMILES string of the molecule is O=C(Nc1ccc(NC(=O)C2CCCN(S(=O)(=O)c3ccc(Cl)cc3)C2)cc1)c1ccco1. The molecule has 4 rings (SSSR count). The van der Waals surface area contributed by atoms with Crippen LogP contribution in [0.3, 0.4) is 0 Å². The Kier molecular flexibility index (Phi) is 6.83. The maximum Gasteiger partial charge on any atom is 0.291 e. The number of anilines is 2. The van der Waals surface area contributed by atoms with Gasteiger partial charge in [-0.2, -0.15) is 4.31 Å². The van der Waals surface area contributed by atoms with E-state index in [-0.39, 0.29) is 29.0 Å². The zero-order valence-corrected chi connectivity index (χ0v) is 19.1. The number of nitrogens with zero attached hydrogens (tertiary/aromatic N) is 1. The van der Waals surface area contributed by atoms with Crippen molar-refractivity contribution in [3.8, 4) is 0 Å². The van der Waals surface area contributed by atoms with Crippen molar-refractivity contribution in [3.05, 3.63) is 77.7 Å². The monoisotopic (exact) mass is 487 g/mol. The van der Waals surface area contributed by atoms with Gasteiger partial charge in [-0.25, -0.2) is 8.42 Å². The lowest BCUT2D eigenvalue weighted by Gasteiger charge is -2.31. The summed E-state index contributed by atoms with van der Waals surface area (Å²) in [5.74, 6) is -0.902. The van der Waals surface area contributed by atoms with Gasteiger partial charge in [-0.15, -0.1) is 0 Å². The summed E-state index contributed by atoms with van der Waals surface area (Å²) in [6.45, 7) is 0.465. The molecule has 2 amide bonds. The molecule has 0 saturated carbocycles. The van der Waals surface area contributed by atoms with Crippen LogP contribution in [0.4, 0.5) is 11.4 Å². The van der Waals surface area contributed by atoms with E-state index in [2.05, 4.69) is 10.6 Å². The summed E-state index contributed by atoms with van der Waals surface area (Å²) in [7, 11) is -3.71. The van der Waals surface area contributed by atoms with Crippen LogP contribution in [-0.2, 0) is 14.8 Å². The average molecular weight is 488 g/mol. The minimum atomic E-state index is -3.71. The van der Waals surface area contributed by atoms with Gasteiger partial charge in [0.1, 0.15) is 0 Å². The molecule has 1 aliphatic rings. The van der Waals surface area contributed by atoms with Gasteiger partial charge in [0, 0.05) is 29.5 Å². The lowest BCUT2D eigenvalue weighted by molar-refractivity contribution is -0.120. The Labute approximate surface area is 196 Å². The molecule has 1 aliphatic heterocycles. The molecule has 8 nitrogen and oxygen atoms in total. The highest BCUT2D eigenvalue weighted by atomic mass is 35.5. The minimum absolute atomic E-state index is 0.105. The first kappa shape index (κ1) is 23.0. The van der Waals surface area contributed by atoms with Gasteiger partial charge in [0.2, 0.25) is 15.9 Å². The first-order valence-electron chi connectivity index (χ1n) is 10.3. The van der Waals surface area contributed by atoms with Gasteiger partial charge in [0.15, 0.2) is 5.76 Å². The Morgan fingerprint density at radius 1 is 0.970 bits per heavy atom. The Hall–Kier alpha value is -3.14. The van der Waals surface area contributed by atoms with Gasteiger partial charge in [-0.3, -0.25) is 9.59 Å². The van der Waals surface area contributed by atoms with Crippen molar-refractivity contribution in [3.63, 3.8) is 0 Å². The van der Waals surface area contributed by atoms with Gasteiger partial charge in [0.05, 0.1) is 17.1 Å². The van der Waals surface area contributed by atoms with E-state index in [9.17, 15) is 18.0 Å². The predicted molar refractivity (Wildman–Crippen MR) is 125 cm³/mol. The quantitative estimate of drug-likeness (QED) is 0.541. The number of piperidine rings is 1. The molecule has 1 aromatic heterocycles. The predicted octanol–water partition coefficient (Wildman–Crippen LogP) is 4.22. The van der Waals surface area contributed by atoms with Gasteiger partial charge in [-0.1, -0.05) is 11.6 Å². The van der Waals surface area contributed by atoms with Gasteiger partial charge >= 0.3 is 0 Å². The molecule has 2 N–H and O–H groups in total. The van der Waals surface area contributed by atoms with Crippen molar-refractivity contribution in [1.82, 2.24) is 4.31 Å². The lowest BCUT2D eigenvalue weighted by Crippen LogP contribution is -2.43. The molecule has 1 unspecified atom stereocenters. The molecule has 1 atom stereocenters. The van der Waals surface area contributed by atoms with Crippen molar-refractivity contribution in [2.24, 2.45) is 5.92 Å².